The molecule has 2 saturated heterocycles. The lowest BCUT2D eigenvalue weighted by Crippen LogP contribution is -3.17. The summed E-state index contributed by atoms with van der Waals surface area (Å²) in [6.07, 6.45) is 7.93. The van der Waals surface area contributed by atoms with Crippen molar-refractivity contribution in [3.8, 4) is 0 Å². The minimum absolute atomic E-state index is 0.306. The van der Waals surface area contributed by atoms with Crippen LogP contribution >= 0.6 is 0 Å². The van der Waals surface area contributed by atoms with E-state index in [1.807, 2.05) is 6.07 Å². The van der Waals surface area contributed by atoms with Crippen molar-refractivity contribution in [2.24, 2.45) is 5.92 Å². The monoisotopic (exact) mass is 318 g/mol. The molecule has 0 amide bonds. The summed E-state index contributed by atoms with van der Waals surface area (Å²) in [6.45, 7) is 7.47. The maximum Gasteiger partial charge on any atom is 0.0926 e. The summed E-state index contributed by atoms with van der Waals surface area (Å²) in [7, 11) is 0. The van der Waals surface area contributed by atoms with Crippen LogP contribution < -0.4 is 9.80 Å². The minimum atomic E-state index is -0.306. The summed E-state index contributed by atoms with van der Waals surface area (Å²) in [4.78, 5) is 3.43. The van der Waals surface area contributed by atoms with Gasteiger partial charge in [0.25, 0.3) is 0 Å². The van der Waals surface area contributed by atoms with Crippen molar-refractivity contribution in [2.45, 2.75) is 44.6 Å². The molecule has 3 rings (SSSR count). The van der Waals surface area contributed by atoms with E-state index in [-0.39, 0.29) is 6.10 Å². The van der Waals surface area contributed by atoms with Crippen LogP contribution in [0.15, 0.2) is 30.3 Å². The first-order valence-electron chi connectivity index (χ1n) is 9.73. The number of benzene rings is 1. The molecule has 1 aromatic carbocycles. The molecule has 128 valence electrons. The van der Waals surface area contributed by atoms with Crippen LogP contribution in [0.3, 0.4) is 0 Å². The van der Waals surface area contributed by atoms with Crippen molar-refractivity contribution in [3.63, 3.8) is 0 Å². The first-order valence-corrected chi connectivity index (χ1v) is 9.73. The first-order chi connectivity index (χ1) is 11.3. The van der Waals surface area contributed by atoms with Gasteiger partial charge in [0.1, 0.15) is 0 Å². The second-order valence-electron chi connectivity index (χ2n) is 7.65. The van der Waals surface area contributed by atoms with Crippen LogP contribution in [0.4, 0.5) is 0 Å². The van der Waals surface area contributed by atoms with E-state index in [1.165, 1.54) is 64.7 Å². The third-order valence-electron chi connectivity index (χ3n) is 5.81. The van der Waals surface area contributed by atoms with E-state index in [1.54, 1.807) is 9.80 Å². The Morgan fingerprint density at radius 2 is 1.22 bits per heavy atom. The molecule has 0 aromatic heterocycles. The highest BCUT2D eigenvalue weighted by molar-refractivity contribution is 5.18. The maximum absolute atomic E-state index is 11.0. The third kappa shape index (κ3) is 5.03. The van der Waals surface area contributed by atoms with E-state index in [2.05, 4.69) is 24.3 Å². The normalized spacial score (nSPS) is 22.3. The molecule has 2 aliphatic rings. The number of aliphatic hydroxyl groups is 1. The molecule has 1 atom stereocenters. The van der Waals surface area contributed by atoms with Gasteiger partial charge in [0.15, 0.2) is 0 Å². The van der Waals surface area contributed by atoms with Crippen molar-refractivity contribution in [1.82, 2.24) is 0 Å². The fraction of sp³-hybridized carbons (Fsp3) is 0.700. The number of quaternary nitrogens is 2. The summed E-state index contributed by atoms with van der Waals surface area (Å²) in [6, 6.07) is 10.3. The zero-order chi connectivity index (χ0) is 15.9. The molecule has 3 N–H and O–H groups in total. The van der Waals surface area contributed by atoms with Gasteiger partial charge >= 0.3 is 0 Å². The van der Waals surface area contributed by atoms with Crippen LogP contribution in [0.2, 0.25) is 0 Å². The van der Waals surface area contributed by atoms with Crippen LogP contribution in [0, 0.1) is 5.92 Å². The molecule has 0 spiro atoms. The van der Waals surface area contributed by atoms with E-state index < -0.39 is 0 Å². The number of nitrogens with one attached hydrogen (secondary N) is 2. The quantitative estimate of drug-likeness (QED) is 0.699. The third-order valence-corrected chi connectivity index (χ3v) is 5.81. The van der Waals surface area contributed by atoms with Crippen LogP contribution in [0.1, 0.15) is 50.2 Å². The van der Waals surface area contributed by atoms with E-state index in [0.29, 0.717) is 5.92 Å². The van der Waals surface area contributed by atoms with E-state index >= 15 is 0 Å². The summed E-state index contributed by atoms with van der Waals surface area (Å²) in [5, 5.41) is 11.0. The van der Waals surface area contributed by atoms with Gasteiger partial charge in [-0.15, -0.1) is 0 Å². The average molecular weight is 319 g/mol. The molecule has 1 aromatic rings. The lowest BCUT2D eigenvalue weighted by atomic mass is 9.93. The standard InChI is InChI=1S/C20H32N2O/c23-20(18-10-4-1-5-11-18)19(16-21-12-6-2-7-13-21)17-22-14-8-3-9-15-22/h1,4-5,10-11,19-20,23H,2-3,6-9,12-17H2/p+2/t20-/m0/s1. The van der Waals surface area contributed by atoms with Gasteiger partial charge in [0.2, 0.25) is 0 Å². The van der Waals surface area contributed by atoms with Gasteiger partial charge in [0.05, 0.1) is 51.3 Å². The van der Waals surface area contributed by atoms with Gasteiger partial charge in [-0.25, -0.2) is 0 Å². The molecule has 0 saturated carbocycles. The molecule has 0 bridgehead atoms. The van der Waals surface area contributed by atoms with Crippen molar-refractivity contribution in [1.29, 1.82) is 0 Å². The van der Waals surface area contributed by atoms with Gasteiger partial charge < -0.3 is 14.9 Å². The van der Waals surface area contributed by atoms with E-state index in [0.717, 1.165) is 18.7 Å². The molecule has 3 nitrogen and oxygen atoms in total. The lowest BCUT2D eigenvalue weighted by Gasteiger charge is -2.33. The Labute approximate surface area is 141 Å². The zero-order valence-corrected chi connectivity index (χ0v) is 14.5. The Morgan fingerprint density at radius 1 is 0.739 bits per heavy atom. The molecule has 0 radical (unpaired) electrons. The number of piperidine rings is 2. The number of hydrogen-bond donors (Lipinski definition) is 3. The Balaban J connectivity index is 1.66. The van der Waals surface area contributed by atoms with Crippen LogP contribution in [-0.4, -0.2) is 44.4 Å². The molecule has 2 aliphatic heterocycles. The molecule has 2 fully saturated rings. The van der Waals surface area contributed by atoms with Gasteiger partial charge in [-0.05, 0) is 44.1 Å². The number of hydrogen-bond acceptors (Lipinski definition) is 1. The Morgan fingerprint density at radius 3 is 1.70 bits per heavy atom. The summed E-state index contributed by atoms with van der Waals surface area (Å²) >= 11 is 0. The highest BCUT2D eigenvalue weighted by atomic mass is 16.3. The smallest absolute Gasteiger partial charge is 0.0926 e. The van der Waals surface area contributed by atoms with Crippen molar-refractivity contribution >= 4 is 0 Å². The lowest BCUT2D eigenvalue weighted by molar-refractivity contribution is -0.931. The largest absolute Gasteiger partial charge is 0.388 e. The zero-order valence-electron chi connectivity index (χ0n) is 14.5. The predicted molar refractivity (Wildman–Crippen MR) is 93.7 cm³/mol. The Bertz CT molecular complexity index is 418. The SMILES string of the molecule is O[C@@H](c1ccccc1)C(C[NH+]1CCCCC1)C[NH+]1CCCCC1. The summed E-state index contributed by atoms with van der Waals surface area (Å²) < 4.78 is 0. The highest BCUT2D eigenvalue weighted by Gasteiger charge is 2.31. The number of aliphatic hydroxyl groups excluding tert-OH is 1. The molecular weight excluding hydrogens is 284 g/mol. The second kappa shape index (κ2) is 8.81. The summed E-state index contributed by atoms with van der Waals surface area (Å²) in [5.41, 5.74) is 1.10. The fourth-order valence-corrected chi connectivity index (χ4v) is 4.47. The van der Waals surface area contributed by atoms with Crippen LogP contribution in [0.5, 0.6) is 0 Å². The molecular formula is C20H34N2O+2. The molecule has 0 unspecified atom stereocenters. The highest BCUT2D eigenvalue weighted by Crippen LogP contribution is 2.20. The molecule has 3 heteroatoms. The first kappa shape index (κ1) is 16.9. The second-order valence-corrected chi connectivity index (χ2v) is 7.65. The Kier molecular flexibility index (Phi) is 6.49. The van der Waals surface area contributed by atoms with Gasteiger partial charge in [-0.1, -0.05) is 30.3 Å². The molecule has 0 aliphatic carbocycles. The van der Waals surface area contributed by atoms with Crippen LogP contribution in [0.25, 0.3) is 0 Å². The van der Waals surface area contributed by atoms with Gasteiger partial charge in [-0.2, -0.15) is 0 Å². The molecule has 23 heavy (non-hydrogen) atoms. The maximum atomic E-state index is 11.0. The van der Waals surface area contributed by atoms with E-state index in [4.69, 9.17) is 0 Å². The fourth-order valence-electron chi connectivity index (χ4n) is 4.47. The number of rotatable bonds is 6. The summed E-state index contributed by atoms with van der Waals surface area (Å²) in [5.74, 6) is 0.388. The minimum Gasteiger partial charge on any atom is -0.388 e. The van der Waals surface area contributed by atoms with Gasteiger partial charge in [0, 0.05) is 0 Å². The van der Waals surface area contributed by atoms with Crippen LogP contribution in [-0.2, 0) is 0 Å². The van der Waals surface area contributed by atoms with Crippen molar-refractivity contribution in [2.75, 3.05) is 39.3 Å². The Hall–Kier alpha value is -0.900. The predicted octanol–water partition coefficient (Wildman–Crippen LogP) is 0.474. The molecule has 2 heterocycles. The van der Waals surface area contributed by atoms with Gasteiger partial charge in [-0.3, -0.25) is 0 Å². The van der Waals surface area contributed by atoms with E-state index in [9.17, 15) is 5.11 Å². The van der Waals surface area contributed by atoms with Crippen molar-refractivity contribution < 1.29 is 14.9 Å². The van der Waals surface area contributed by atoms with Crippen molar-refractivity contribution in [3.05, 3.63) is 35.9 Å². The topological polar surface area (TPSA) is 29.1 Å². The number of likely N-dealkylation sites (tertiary alicyclic amines) is 2. The average Bonchev–Trinajstić information content (AvgIpc) is 2.63.